The molecule has 3 aromatic carbocycles. The second-order valence-electron chi connectivity index (χ2n) is 7.57. The van der Waals surface area contributed by atoms with Gasteiger partial charge in [0.2, 0.25) is 0 Å². The van der Waals surface area contributed by atoms with Gasteiger partial charge in [0.05, 0.1) is 6.04 Å². The number of benzene rings is 3. The summed E-state index contributed by atoms with van der Waals surface area (Å²) in [6.07, 6.45) is 0.879. The van der Waals surface area contributed by atoms with Crippen LogP contribution in [0, 0.1) is 13.8 Å². The number of nitrogens with one attached hydrogen (secondary N) is 2. The number of hydrogen-bond donors (Lipinski definition) is 2. The molecule has 3 nitrogen and oxygen atoms in total. The molecule has 1 heterocycles. The van der Waals surface area contributed by atoms with E-state index < -0.39 is 0 Å². The first-order chi connectivity index (χ1) is 14.1. The molecule has 29 heavy (non-hydrogen) atoms. The van der Waals surface area contributed by atoms with Crippen molar-refractivity contribution in [3.05, 3.63) is 107 Å². The first kappa shape index (κ1) is 19.2. The van der Waals surface area contributed by atoms with Crippen LogP contribution in [0.15, 0.2) is 78.9 Å². The van der Waals surface area contributed by atoms with Crippen LogP contribution in [0.1, 0.15) is 38.8 Å². The van der Waals surface area contributed by atoms with Gasteiger partial charge >= 0.3 is 0 Å². The van der Waals surface area contributed by atoms with Crippen LogP contribution in [-0.2, 0) is 6.42 Å². The SMILES string of the molecule is Cc1ccc(CCN[C@@H](C(=O)c2c(C)[nH]c3ccccc23)c2ccccc2)cc1. The van der Waals surface area contributed by atoms with E-state index in [1.807, 2.05) is 61.5 Å². The zero-order valence-electron chi connectivity index (χ0n) is 16.9. The smallest absolute Gasteiger partial charge is 0.186 e. The number of carbonyl (C=O) groups is 1. The fourth-order valence-electron chi connectivity index (χ4n) is 3.86. The highest BCUT2D eigenvalue weighted by atomic mass is 16.1. The molecule has 0 amide bonds. The molecule has 0 saturated heterocycles. The van der Waals surface area contributed by atoms with Crippen LogP contribution in [0.2, 0.25) is 0 Å². The highest BCUT2D eigenvalue weighted by Crippen LogP contribution is 2.27. The second-order valence-corrected chi connectivity index (χ2v) is 7.57. The summed E-state index contributed by atoms with van der Waals surface area (Å²) in [7, 11) is 0. The summed E-state index contributed by atoms with van der Waals surface area (Å²) in [5, 5.41) is 4.50. The molecule has 146 valence electrons. The number of H-pyrrole nitrogens is 1. The molecule has 4 aromatic rings. The maximum absolute atomic E-state index is 13.6. The Kier molecular flexibility index (Phi) is 5.59. The monoisotopic (exact) mass is 382 g/mol. The van der Waals surface area contributed by atoms with Crippen molar-refractivity contribution in [2.75, 3.05) is 6.54 Å². The lowest BCUT2D eigenvalue weighted by molar-refractivity contribution is 0.0944. The molecule has 4 rings (SSSR count). The number of Topliss-reactive ketones (excluding diaryl/α,β-unsaturated/α-hetero) is 1. The average molecular weight is 383 g/mol. The molecular weight excluding hydrogens is 356 g/mol. The van der Waals surface area contributed by atoms with Gasteiger partial charge in [-0.25, -0.2) is 0 Å². The van der Waals surface area contributed by atoms with Gasteiger partial charge in [-0.2, -0.15) is 0 Å². The Morgan fingerprint density at radius 1 is 0.897 bits per heavy atom. The molecule has 0 aliphatic heterocycles. The predicted molar refractivity (Wildman–Crippen MR) is 119 cm³/mol. The predicted octanol–water partition coefficient (Wildman–Crippen LogP) is 5.54. The zero-order valence-corrected chi connectivity index (χ0v) is 16.9. The van der Waals surface area contributed by atoms with E-state index in [4.69, 9.17) is 0 Å². The Bertz CT molecular complexity index is 1110. The van der Waals surface area contributed by atoms with Crippen LogP contribution in [0.5, 0.6) is 0 Å². The van der Waals surface area contributed by atoms with Crippen LogP contribution < -0.4 is 5.32 Å². The minimum Gasteiger partial charge on any atom is -0.358 e. The van der Waals surface area contributed by atoms with Gasteiger partial charge in [-0.15, -0.1) is 0 Å². The third-order valence-electron chi connectivity index (χ3n) is 5.42. The number of aryl methyl sites for hydroxylation is 2. The van der Waals surface area contributed by atoms with Crippen molar-refractivity contribution < 1.29 is 4.79 Å². The minimum absolute atomic E-state index is 0.107. The molecular formula is C26H26N2O. The van der Waals surface area contributed by atoms with E-state index in [-0.39, 0.29) is 11.8 Å². The van der Waals surface area contributed by atoms with E-state index in [1.54, 1.807) is 0 Å². The molecule has 0 fully saturated rings. The first-order valence-electron chi connectivity index (χ1n) is 10.1. The normalized spacial score (nSPS) is 12.2. The van der Waals surface area contributed by atoms with E-state index in [1.165, 1.54) is 11.1 Å². The molecule has 1 atom stereocenters. The van der Waals surface area contributed by atoms with Gasteiger partial charge in [0, 0.05) is 28.7 Å². The largest absolute Gasteiger partial charge is 0.358 e. The average Bonchev–Trinajstić information content (AvgIpc) is 3.08. The topological polar surface area (TPSA) is 44.9 Å². The van der Waals surface area contributed by atoms with Crippen molar-refractivity contribution in [3.63, 3.8) is 0 Å². The third-order valence-corrected chi connectivity index (χ3v) is 5.42. The molecule has 0 aliphatic rings. The van der Waals surface area contributed by atoms with Crippen molar-refractivity contribution in [3.8, 4) is 0 Å². The van der Waals surface area contributed by atoms with Crippen LogP contribution >= 0.6 is 0 Å². The highest BCUT2D eigenvalue weighted by Gasteiger charge is 2.25. The molecule has 1 aromatic heterocycles. The number of carbonyl (C=O) groups excluding carboxylic acids is 1. The summed E-state index contributed by atoms with van der Waals surface area (Å²) in [4.78, 5) is 17.0. The molecule has 0 unspecified atom stereocenters. The van der Waals surface area contributed by atoms with E-state index in [9.17, 15) is 4.79 Å². The summed E-state index contributed by atoms with van der Waals surface area (Å²) < 4.78 is 0. The maximum Gasteiger partial charge on any atom is 0.186 e. The van der Waals surface area contributed by atoms with E-state index in [0.29, 0.717) is 0 Å². The van der Waals surface area contributed by atoms with Gasteiger partial charge in [0.1, 0.15) is 0 Å². The fraction of sp³-hybridized carbons (Fsp3) is 0.192. The van der Waals surface area contributed by atoms with Gasteiger partial charge < -0.3 is 10.3 Å². The van der Waals surface area contributed by atoms with Crippen molar-refractivity contribution in [1.29, 1.82) is 0 Å². The number of para-hydroxylation sites is 1. The summed E-state index contributed by atoms with van der Waals surface area (Å²) in [5.41, 5.74) is 6.21. The first-order valence-corrected chi connectivity index (χ1v) is 10.1. The standard InChI is InChI=1S/C26H26N2O/c1-18-12-14-20(15-13-18)16-17-27-25(21-8-4-3-5-9-21)26(29)24-19(2)28-23-11-7-6-10-22(23)24/h3-15,25,27-28H,16-17H2,1-2H3/t25-/m1/s1. The molecule has 3 heteroatoms. The van der Waals surface area contributed by atoms with Crippen LogP contribution in [0.3, 0.4) is 0 Å². The second kappa shape index (κ2) is 8.46. The number of aromatic amines is 1. The molecule has 0 aliphatic carbocycles. The van der Waals surface area contributed by atoms with Gasteiger partial charge in [-0.05, 0) is 37.5 Å². The highest BCUT2D eigenvalue weighted by molar-refractivity contribution is 6.11. The number of ketones is 1. The minimum atomic E-state index is -0.375. The van der Waals surface area contributed by atoms with Crippen molar-refractivity contribution in [2.45, 2.75) is 26.3 Å². The summed E-state index contributed by atoms with van der Waals surface area (Å²) in [6.45, 7) is 4.80. The van der Waals surface area contributed by atoms with Crippen LogP contribution in [0.25, 0.3) is 10.9 Å². The van der Waals surface area contributed by atoms with Gasteiger partial charge in [-0.1, -0.05) is 78.4 Å². The van der Waals surface area contributed by atoms with Crippen molar-refractivity contribution in [1.82, 2.24) is 10.3 Å². The van der Waals surface area contributed by atoms with E-state index in [0.717, 1.165) is 40.7 Å². The molecule has 0 bridgehead atoms. The number of rotatable bonds is 7. The lowest BCUT2D eigenvalue weighted by atomic mass is 9.95. The molecule has 2 N–H and O–H groups in total. The number of fused-ring (bicyclic) bond motifs is 1. The summed E-state index contributed by atoms with van der Waals surface area (Å²) in [5.74, 6) is 0.107. The number of hydrogen-bond acceptors (Lipinski definition) is 2. The van der Waals surface area contributed by atoms with Crippen LogP contribution in [-0.4, -0.2) is 17.3 Å². The van der Waals surface area contributed by atoms with E-state index >= 15 is 0 Å². The van der Waals surface area contributed by atoms with E-state index in [2.05, 4.69) is 41.5 Å². The quantitative estimate of drug-likeness (QED) is 0.412. The Hall–Kier alpha value is -3.17. The van der Waals surface area contributed by atoms with Gasteiger partial charge in [0.15, 0.2) is 5.78 Å². The van der Waals surface area contributed by atoms with Gasteiger partial charge in [-0.3, -0.25) is 4.79 Å². The van der Waals surface area contributed by atoms with Crippen molar-refractivity contribution in [2.24, 2.45) is 0 Å². The summed E-state index contributed by atoms with van der Waals surface area (Å²) in [6, 6.07) is 26.2. The molecule has 0 saturated carbocycles. The maximum atomic E-state index is 13.6. The fourth-order valence-corrected chi connectivity index (χ4v) is 3.86. The Morgan fingerprint density at radius 2 is 1.59 bits per heavy atom. The lowest BCUT2D eigenvalue weighted by Gasteiger charge is -2.19. The Morgan fingerprint density at radius 3 is 2.34 bits per heavy atom. The molecule has 0 spiro atoms. The Balaban J connectivity index is 1.61. The third kappa shape index (κ3) is 4.15. The lowest BCUT2D eigenvalue weighted by Crippen LogP contribution is -2.30. The van der Waals surface area contributed by atoms with Crippen molar-refractivity contribution >= 4 is 16.7 Å². The number of aromatic nitrogens is 1. The zero-order chi connectivity index (χ0) is 20.2. The van der Waals surface area contributed by atoms with Crippen LogP contribution in [0.4, 0.5) is 0 Å². The van der Waals surface area contributed by atoms with Gasteiger partial charge in [0.25, 0.3) is 0 Å². The summed E-state index contributed by atoms with van der Waals surface area (Å²) >= 11 is 0. The Labute approximate surface area is 171 Å². The molecule has 0 radical (unpaired) electrons.